The van der Waals surface area contributed by atoms with Crippen LogP contribution in [0.25, 0.3) is 5.69 Å². The molecule has 146 valence electrons. The molecule has 2 aromatic heterocycles. The van der Waals surface area contributed by atoms with Crippen LogP contribution in [0.4, 0.5) is 17.6 Å². The Morgan fingerprint density at radius 2 is 1.86 bits per heavy atom. The maximum Gasteiger partial charge on any atom is 0.435 e. The normalized spacial score (nSPS) is 14.2. The van der Waals surface area contributed by atoms with Crippen LogP contribution in [-0.4, -0.2) is 47.1 Å². The summed E-state index contributed by atoms with van der Waals surface area (Å²) in [6.07, 6.45) is -4.89. The summed E-state index contributed by atoms with van der Waals surface area (Å²) in [6, 6.07) is 4.25. The zero-order valence-electron chi connectivity index (χ0n) is 14.5. The molecule has 1 amide bonds. The molecule has 1 aromatic carbocycles. The third kappa shape index (κ3) is 3.10. The van der Waals surface area contributed by atoms with Crippen LogP contribution in [0, 0.1) is 12.7 Å². The van der Waals surface area contributed by atoms with E-state index < -0.39 is 29.3 Å². The lowest BCUT2D eigenvalue weighted by atomic mass is 10.2. The topological polar surface area (TPSA) is 81.7 Å². The molecule has 1 aliphatic heterocycles. The van der Waals surface area contributed by atoms with Gasteiger partial charge in [-0.2, -0.15) is 18.3 Å². The van der Waals surface area contributed by atoms with Gasteiger partial charge in [0.25, 0.3) is 5.91 Å². The Hall–Kier alpha value is -3.31. The summed E-state index contributed by atoms with van der Waals surface area (Å²) in [7, 11) is 0. The number of fused-ring (bicyclic) bond motifs is 1. The van der Waals surface area contributed by atoms with E-state index in [1.807, 2.05) is 0 Å². The second kappa shape index (κ2) is 6.39. The zero-order chi connectivity index (χ0) is 20.1. The number of aryl methyl sites for hydroxylation is 1. The van der Waals surface area contributed by atoms with Crippen molar-refractivity contribution in [3.05, 3.63) is 53.1 Å². The molecule has 0 saturated carbocycles. The summed E-state index contributed by atoms with van der Waals surface area (Å²) in [4.78, 5) is 18.2. The van der Waals surface area contributed by atoms with Gasteiger partial charge in [-0.3, -0.25) is 4.79 Å². The van der Waals surface area contributed by atoms with E-state index in [-0.39, 0.29) is 18.8 Å². The van der Waals surface area contributed by atoms with Crippen LogP contribution in [-0.2, 0) is 19.3 Å². The number of carbonyl (C=O) groups is 1. The van der Waals surface area contributed by atoms with Crippen LogP contribution >= 0.6 is 0 Å². The highest BCUT2D eigenvalue weighted by atomic mass is 19.4. The van der Waals surface area contributed by atoms with Crippen molar-refractivity contribution in [1.82, 2.24) is 34.7 Å². The first kappa shape index (κ1) is 18.1. The Kier molecular flexibility index (Phi) is 4.12. The molecule has 0 saturated heterocycles. The van der Waals surface area contributed by atoms with E-state index in [0.29, 0.717) is 22.9 Å². The summed E-state index contributed by atoms with van der Waals surface area (Å²) in [5.41, 5.74) is -2.19. The number of amides is 1. The minimum atomic E-state index is -4.89. The predicted octanol–water partition coefficient (Wildman–Crippen LogP) is 1.98. The maximum absolute atomic E-state index is 13.7. The van der Waals surface area contributed by atoms with Gasteiger partial charge in [0.05, 0.1) is 18.8 Å². The molecule has 28 heavy (non-hydrogen) atoms. The van der Waals surface area contributed by atoms with Crippen LogP contribution in [0.1, 0.15) is 27.8 Å². The highest BCUT2D eigenvalue weighted by Gasteiger charge is 2.43. The molecular formula is C16H13F4N7O. The fraction of sp³-hybridized carbons (Fsp3) is 0.312. The van der Waals surface area contributed by atoms with Crippen molar-refractivity contribution in [2.24, 2.45) is 0 Å². The average molecular weight is 395 g/mol. The molecule has 0 N–H and O–H groups in total. The number of alkyl halides is 3. The van der Waals surface area contributed by atoms with Crippen molar-refractivity contribution in [1.29, 1.82) is 0 Å². The number of nitrogens with zero attached hydrogens (tertiary/aromatic N) is 7. The number of carbonyl (C=O) groups excluding carboxylic acids is 1. The van der Waals surface area contributed by atoms with Gasteiger partial charge in [-0.15, -0.1) is 5.10 Å². The lowest BCUT2D eigenvalue weighted by molar-refractivity contribution is -0.143. The lowest BCUT2D eigenvalue weighted by Gasteiger charge is -2.26. The molecule has 3 aromatic rings. The van der Waals surface area contributed by atoms with E-state index in [4.69, 9.17) is 0 Å². The molecule has 3 heterocycles. The largest absolute Gasteiger partial charge is 0.435 e. The first-order valence-corrected chi connectivity index (χ1v) is 8.22. The SMILES string of the molecule is Cc1nc2n(n1)CCN(C(=O)c1nnn(-c3ccc(F)cc3)c1C(F)(F)F)C2. The number of hydrogen-bond donors (Lipinski definition) is 0. The summed E-state index contributed by atoms with van der Waals surface area (Å²) in [6.45, 7) is 2.18. The summed E-state index contributed by atoms with van der Waals surface area (Å²) in [5.74, 6) is -0.520. The summed E-state index contributed by atoms with van der Waals surface area (Å²) >= 11 is 0. The van der Waals surface area contributed by atoms with Crippen molar-refractivity contribution in [3.8, 4) is 5.69 Å². The number of aromatic nitrogens is 6. The van der Waals surface area contributed by atoms with Crippen molar-refractivity contribution in [2.45, 2.75) is 26.2 Å². The minimum Gasteiger partial charge on any atom is -0.328 e. The van der Waals surface area contributed by atoms with E-state index in [1.165, 1.54) is 4.90 Å². The third-order valence-corrected chi connectivity index (χ3v) is 4.27. The highest BCUT2D eigenvalue weighted by Crippen LogP contribution is 2.33. The first-order chi connectivity index (χ1) is 13.2. The second-order valence-corrected chi connectivity index (χ2v) is 6.20. The highest BCUT2D eigenvalue weighted by molar-refractivity contribution is 5.93. The van der Waals surface area contributed by atoms with Gasteiger partial charge in [-0.1, -0.05) is 5.21 Å². The van der Waals surface area contributed by atoms with Crippen molar-refractivity contribution in [3.63, 3.8) is 0 Å². The van der Waals surface area contributed by atoms with Gasteiger partial charge in [0.15, 0.2) is 11.4 Å². The van der Waals surface area contributed by atoms with Crippen LogP contribution in [0.5, 0.6) is 0 Å². The molecule has 0 aliphatic carbocycles. The van der Waals surface area contributed by atoms with Gasteiger partial charge in [-0.25, -0.2) is 18.7 Å². The quantitative estimate of drug-likeness (QED) is 0.620. The van der Waals surface area contributed by atoms with Gasteiger partial charge in [-0.05, 0) is 31.2 Å². The van der Waals surface area contributed by atoms with Crippen LogP contribution in [0.15, 0.2) is 24.3 Å². The van der Waals surface area contributed by atoms with Gasteiger partial charge in [0, 0.05) is 6.54 Å². The van der Waals surface area contributed by atoms with E-state index >= 15 is 0 Å². The van der Waals surface area contributed by atoms with Gasteiger partial charge in [0.1, 0.15) is 17.5 Å². The molecule has 0 fully saturated rings. The van der Waals surface area contributed by atoms with Gasteiger partial charge >= 0.3 is 6.18 Å². The zero-order valence-corrected chi connectivity index (χ0v) is 14.5. The lowest BCUT2D eigenvalue weighted by Crippen LogP contribution is -2.39. The summed E-state index contributed by atoms with van der Waals surface area (Å²) in [5, 5.41) is 11.1. The standard InChI is InChI=1S/C16H13F4N7O/c1-9-21-12-8-25(6-7-26(12)23-9)15(28)13-14(16(18,19)20)27(24-22-13)11-4-2-10(17)3-5-11/h2-5H,6-8H2,1H3. The smallest absolute Gasteiger partial charge is 0.328 e. The number of hydrogen-bond acceptors (Lipinski definition) is 5. The number of halogens is 4. The van der Waals surface area contributed by atoms with Crippen molar-refractivity contribution < 1.29 is 22.4 Å². The van der Waals surface area contributed by atoms with Crippen LogP contribution in [0.2, 0.25) is 0 Å². The Labute approximate surface area is 155 Å². The van der Waals surface area contributed by atoms with E-state index in [1.54, 1.807) is 11.6 Å². The van der Waals surface area contributed by atoms with Gasteiger partial charge in [0.2, 0.25) is 0 Å². The fourth-order valence-electron chi connectivity index (χ4n) is 3.03. The number of rotatable bonds is 2. The molecule has 4 rings (SSSR count). The van der Waals surface area contributed by atoms with Gasteiger partial charge < -0.3 is 4.90 Å². The maximum atomic E-state index is 13.7. The molecule has 8 nitrogen and oxygen atoms in total. The molecular weight excluding hydrogens is 382 g/mol. The minimum absolute atomic E-state index is 0.0143. The van der Waals surface area contributed by atoms with Crippen LogP contribution < -0.4 is 0 Å². The van der Waals surface area contributed by atoms with Crippen molar-refractivity contribution >= 4 is 5.91 Å². The molecule has 0 spiro atoms. The second-order valence-electron chi connectivity index (χ2n) is 6.20. The summed E-state index contributed by atoms with van der Waals surface area (Å²) < 4.78 is 56.3. The Balaban J connectivity index is 1.71. The van der Waals surface area contributed by atoms with E-state index in [2.05, 4.69) is 20.4 Å². The molecule has 0 unspecified atom stereocenters. The monoisotopic (exact) mass is 395 g/mol. The van der Waals surface area contributed by atoms with E-state index in [9.17, 15) is 22.4 Å². The van der Waals surface area contributed by atoms with E-state index in [0.717, 1.165) is 24.3 Å². The fourth-order valence-corrected chi connectivity index (χ4v) is 3.03. The predicted molar refractivity (Wildman–Crippen MR) is 85.8 cm³/mol. The molecule has 0 radical (unpaired) electrons. The first-order valence-electron chi connectivity index (χ1n) is 8.22. The number of benzene rings is 1. The molecule has 0 bridgehead atoms. The average Bonchev–Trinajstić information content (AvgIpc) is 3.23. The third-order valence-electron chi connectivity index (χ3n) is 4.27. The van der Waals surface area contributed by atoms with Crippen molar-refractivity contribution in [2.75, 3.05) is 6.54 Å². The Morgan fingerprint density at radius 1 is 1.14 bits per heavy atom. The molecule has 0 atom stereocenters. The molecule has 12 heteroatoms. The van der Waals surface area contributed by atoms with Crippen LogP contribution in [0.3, 0.4) is 0 Å². The Morgan fingerprint density at radius 3 is 2.54 bits per heavy atom. The molecule has 1 aliphatic rings. The Bertz CT molecular complexity index is 1040.